The molecule has 0 spiro atoms. The van der Waals surface area contributed by atoms with E-state index >= 15 is 0 Å². The smallest absolute Gasteiger partial charge is 0.288 e. The second-order valence-corrected chi connectivity index (χ2v) is 6.87. The number of hydrogen-bond donors (Lipinski definition) is 0. The average Bonchev–Trinajstić information content (AvgIpc) is 2.27. The standard InChI is InChI=1S/C11H16N2O4S/c1-8(2)18(16,17)11-7-9(12(3)4)5-6-10(11)13(14)15/h5-8H,1-4H3. The zero-order chi connectivity index (χ0) is 14.1. The van der Waals surface area contributed by atoms with Crippen molar-refractivity contribution >= 4 is 21.2 Å². The van der Waals surface area contributed by atoms with E-state index in [2.05, 4.69) is 0 Å². The molecule has 0 bridgehead atoms. The van der Waals surface area contributed by atoms with E-state index in [1.165, 1.54) is 32.0 Å². The first-order valence-corrected chi connectivity index (χ1v) is 6.92. The summed E-state index contributed by atoms with van der Waals surface area (Å²) in [5.74, 6) is 0. The predicted octanol–water partition coefficient (Wildman–Crippen LogP) is 1.84. The maximum absolute atomic E-state index is 12.1. The van der Waals surface area contributed by atoms with Gasteiger partial charge in [-0.2, -0.15) is 0 Å². The van der Waals surface area contributed by atoms with E-state index < -0.39 is 20.0 Å². The minimum atomic E-state index is -3.68. The maximum atomic E-state index is 12.1. The molecule has 1 aromatic carbocycles. The molecule has 0 saturated heterocycles. The van der Waals surface area contributed by atoms with Crippen LogP contribution in [0.2, 0.25) is 0 Å². The molecule has 100 valence electrons. The van der Waals surface area contributed by atoms with Crippen molar-refractivity contribution in [3.63, 3.8) is 0 Å². The van der Waals surface area contributed by atoms with Gasteiger partial charge >= 0.3 is 0 Å². The number of anilines is 1. The van der Waals surface area contributed by atoms with Gasteiger partial charge in [-0.3, -0.25) is 10.1 Å². The molecule has 0 aliphatic rings. The van der Waals surface area contributed by atoms with E-state index in [9.17, 15) is 18.5 Å². The minimum Gasteiger partial charge on any atom is -0.378 e. The lowest BCUT2D eigenvalue weighted by atomic mass is 10.2. The van der Waals surface area contributed by atoms with Crippen LogP contribution in [0.25, 0.3) is 0 Å². The number of nitro groups is 1. The molecule has 18 heavy (non-hydrogen) atoms. The number of rotatable bonds is 4. The number of nitrogens with zero attached hydrogens (tertiary/aromatic N) is 2. The third kappa shape index (κ3) is 2.61. The van der Waals surface area contributed by atoms with Crippen LogP contribution in [0.4, 0.5) is 11.4 Å². The molecule has 1 rings (SSSR count). The highest BCUT2D eigenvalue weighted by Crippen LogP contribution is 2.30. The highest BCUT2D eigenvalue weighted by atomic mass is 32.2. The molecule has 6 nitrogen and oxygen atoms in total. The Bertz CT molecular complexity index is 564. The fourth-order valence-electron chi connectivity index (χ4n) is 1.41. The van der Waals surface area contributed by atoms with Gasteiger partial charge in [0, 0.05) is 25.8 Å². The molecule has 0 unspecified atom stereocenters. The van der Waals surface area contributed by atoms with Gasteiger partial charge < -0.3 is 4.90 Å². The monoisotopic (exact) mass is 272 g/mol. The Kier molecular flexibility index (Phi) is 3.95. The van der Waals surface area contributed by atoms with Crippen molar-refractivity contribution in [2.45, 2.75) is 24.0 Å². The lowest BCUT2D eigenvalue weighted by Gasteiger charge is -2.15. The van der Waals surface area contributed by atoms with Crippen LogP contribution < -0.4 is 4.90 Å². The van der Waals surface area contributed by atoms with E-state index in [0.717, 1.165) is 0 Å². The van der Waals surface area contributed by atoms with Crippen LogP contribution in [0.5, 0.6) is 0 Å². The lowest BCUT2D eigenvalue weighted by Crippen LogP contribution is -2.17. The van der Waals surface area contributed by atoms with Gasteiger partial charge in [0.05, 0.1) is 10.2 Å². The first-order chi connectivity index (χ1) is 8.17. The van der Waals surface area contributed by atoms with E-state index in [1.54, 1.807) is 19.0 Å². The molecule has 0 saturated carbocycles. The molecule has 7 heteroatoms. The van der Waals surface area contributed by atoms with Gasteiger partial charge in [0.2, 0.25) is 0 Å². The van der Waals surface area contributed by atoms with Gasteiger partial charge in [0.15, 0.2) is 9.84 Å². The largest absolute Gasteiger partial charge is 0.378 e. The van der Waals surface area contributed by atoms with Gasteiger partial charge in [-0.1, -0.05) is 0 Å². The summed E-state index contributed by atoms with van der Waals surface area (Å²) in [4.78, 5) is 11.7. The van der Waals surface area contributed by atoms with Crippen LogP contribution in [-0.4, -0.2) is 32.7 Å². The summed E-state index contributed by atoms with van der Waals surface area (Å²) < 4.78 is 24.2. The molecule has 0 aliphatic heterocycles. The third-order valence-corrected chi connectivity index (χ3v) is 4.76. The maximum Gasteiger partial charge on any atom is 0.288 e. The minimum absolute atomic E-state index is 0.228. The summed E-state index contributed by atoms with van der Waals surface area (Å²) >= 11 is 0. The van der Waals surface area contributed by atoms with Crippen LogP contribution in [0.15, 0.2) is 23.1 Å². The molecule has 1 aromatic rings. The van der Waals surface area contributed by atoms with Gasteiger partial charge in [0.25, 0.3) is 5.69 Å². The number of hydrogen-bond acceptors (Lipinski definition) is 5. The molecular formula is C11H16N2O4S. The zero-order valence-corrected chi connectivity index (χ0v) is 11.6. The first kappa shape index (κ1) is 14.4. The van der Waals surface area contributed by atoms with Crippen LogP contribution in [0.1, 0.15) is 13.8 Å². The van der Waals surface area contributed by atoms with Gasteiger partial charge in [-0.05, 0) is 26.0 Å². The Morgan fingerprint density at radius 3 is 2.22 bits per heavy atom. The molecule has 0 aromatic heterocycles. The van der Waals surface area contributed by atoms with Gasteiger partial charge in [-0.25, -0.2) is 8.42 Å². The summed E-state index contributed by atoms with van der Waals surface area (Å²) in [6.45, 7) is 3.00. The third-order valence-electron chi connectivity index (χ3n) is 2.58. The second-order valence-electron chi connectivity index (χ2n) is 4.40. The Morgan fingerprint density at radius 2 is 1.83 bits per heavy atom. The second kappa shape index (κ2) is 4.93. The predicted molar refractivity (Wildman–Crippen MR) is 69.7 cm³/mol. The molecule has 0 amide bonds. The molecule has 0 aliphatic carbocycles. The van der Waals surface area contributed by atoms with Crippen molar-refractivity contribution in [1.82, 2.24) is 0 Å². The van der Waals surface area contributed by atoms with E-state index in [-0.39, 0.29) is 10.6 Å². The molecule has 0 fully saturated rings. The molecule has 0 atom stereocenters. The number of benzene rings is 1. The van der Waals surface area contributed by atoms with Gasteiger partial charge in [0.1, 0.15) is 4.90 Å². The summed E-state index contributed by atoms with van der Waals surface area (Å²) in [7, 11) is -0.191. The summed E-state index contributed by atoms with van der Waals surface area (Å²) in [6, 6.07) is 4.09. The summed E-state index contributed by atoms with van der Waals surface area (Å²) in [5, 5.41) is 10.2. The van der Waals surface area contributed by atoms with E-state index in [1.807, 2.05) is 0 Å². The fourth-order valence-corrected chi connectivity index (χ4v) is 2.64. The van der Waals surface area contributed by atoms with Crippen LogP contribution >= 0.6 is 0 Å². The highest BCUT2D eigenvalue weighted by Gasteiger charge is 2.29. The molecule has 0 heterocycles. The lowest BCUT2D eigenvalue weighted by molar-refractivity contribution is -0.387. The first-order valence-electron chi connectivity index (χ1n) is 5.37. The van der Waals surface area contributed by atoms with Crippen molar-refractivity contribution in [2.24, 2.45) is 0 Å². The average molecular weight is 272 g/mol. The Morgan fingerprint density at radius 1 is 1.28 bits per heavy atom. The summed E-state index contributed by atoms with van der Waals surface area (Å²) in [6.07, 6.45) is 0. The van der Waals surface area contributed by atoms with E-state index in [4.69, 9.17) is 0 Å². The highest BCUT2D eigenvalue weighted by molar-refractivity contribution is 7.92. The summed E-state index contributed by atoms with van der Waals surface area (Å²) in [5.41, 5.74) is 0.231. The Labute approximate surface area is 106 Å². The van der Waals surface area contributed by atoms with Crippen LogP contribution in [0, 0.1) is 10.1 Å². The number of nitro benzene ring substituents is 1. The number of sulfone groups is 1. The van der Waals surface area contributed by atoms with Gasteiger partial charge in [-0.15, -0.1) is 0 Å². The molecule has 0 radical (unpaired) electrons. The van der Waals surface area contributed by atoms with Crippen LogP contribution in [-0.2, 0) is 9.84 Å². The van der Waals surface area contributed by atoms with Crippen molar-refractivity contribution in [3.8, 4) is 0 Å². The SMILES string of the molecule is CC(C)S(=O)(=O)c1cc(N(C)C)ccc1[N+](=O)[O-]. The van der Waals surface area contributed by atoms with Crippen molar-refractivity contribution in [3.05, 3.63) is 28.3 Å². The molecular weight excluding hydrogens is 256 g/mol. The Balaban J connectivity index is 3.57. The fraction of sp³-hybridized carbons (Fsp3) is 0.455. The van der Waals surface area contributed by atoms with Crippen molar-refractivity contribution < 1.29 is 13.3 Å². The van der Waals surface area contributed by atoms with Crippen molar-refractivity contribution in [1.29, 1.82) is 0 Å². The van der Waals surface area contributed by atoms with Crippen LogP contribution in [0.3, 0.4) is 0 Å². The Hall–Kier alpha value is -1.63. The quantitative estimate of drug-likeness (QED) is 0.617. The van der Waals surface area contributed by atoms with Crippen molar-refractivity contribution in [2.75, 3.05) is 19.0 Å². The normalized spacial score (nSPS) is 11.6. The van der Waals surface area contributed by atoms with E-state index in [0.29, 0.717) is 5.69 Å². The molecule has 0 N–H and O–H groups in total. The zero-order valence-electron chi connectivity index (χ0n) is 10.7. The topological polar surface area (TPSA) is 80.5 Å².